The molecule has 0 saturated heterocycles. The molecule has 0 aliphatic heterocycles. The first-order valence-electron chi connectivity index (χ1n) is 4.62. The third kappa shape index (κ3) is 2.13. The smallest absolute Gasteiger partial charge is 0.268 e. The predicted octanol–water partition coefficient (Wildman–Crippen LogP) is 1.44. The zero-order chi connectivity index (χ0) is 11.1. The van der Waals surface area contributed by atoms with Crippen molar-refractivity contribution < 1.29 is 17.7 Å². The van der Waals surface area contributed by atoms with Gasteiger partial charge in [-0.05, 0) is 24.1 Å². The Morgan fingerprint density at radius 3 is 2.33 bits per heavy atom. The maximum absolute atomic E-state index is 10.8. The Bertz CT molecular complexity index is 449. The first kappa shape index (κ1) is 10.4. The molecule has 1 N–H and O–H groups in total. The van der Waals surface area contributed by atoms with E-state index in [0.717, 1.165) is 11.3 Å². The van der Waals surface area contributed by atoms with Crippen molar-refractivity contribution in [2.24, 2.45) is 0 Å². The van der Waals surface area contributed by atoms with E-state index in [0.29, 0.717) is 6.42 Å². The zero-order valence-electron chi connectivity index (χ0n) is 8.25. The maximum Gasteiger partial charge on any atom is 0.268 e. The van der Waals surface area contributed by atoms with Crippen LogP contribution in [0.15, 0.2) is 24.3 Å². The summed E-state index contributed by atoms with van der Waals surface area (Å²) in [7, 11) is -2.30. The first-order valence-corrected chi connectivity index (χ1v) is 6.13. The molecule has 0 spiro atoms. The van der Waals surface area contributed by atoms with Crippen LogP contribution in [0.2, 0.25) is 0 Å². The van der Waals surface area contributed by atoms with E-state index in [1.54, 1.807) is 19.2 Å². The highest BCUT2D eigenvalue weighted by Gasteiger charge is 2.47. The molecule has 1 aliphatic rings. The van der Waals surface area contributed by atoms with Gasteiger partial charge >= 0.3 is 0 Å². The van der Waals surface area contributed by atoms with Crippen LogP contribution in [0.3, 0.4) is 0 Å². The number of hydrogen-bond acceptors (Lipinski definition) is 3. The van der Waals surface area contributed by atoms with Crippen LogP contribution in [-0.4, -0.2) is 25.3 Å². The van der Waals surface area contributed by atoms with Crippen LogP contribution in [-0.2, 0) is 10.1 Å². The summed E-state index contributed by atoms with van der Waals surface area (Å²) in [4.78, 5) is 0. The fourth-order valence-corrected chi connectivity index (χ4v) is 2.73. The highest BCUT2D eigenvalue weighted by Crippen LogP contribution is 2.45. The van der Waals surface area contributed by atoms with Gasteiger partial charge < -0.3 is 4.74 Å². The summed E-state index contributed by atoms with van der Waals surface area (Å²) in [5.41, 5.74) is 0.929. The second-order valence-corrected chi connectivity index (χ2v) is 5.30. The minimum absolute atomic E-state index is 0.0640. The average Bonchev–Trinajstić information content (AvgIpc) is 2.97. The van der Waals surface area contributed by atoms with Crippen molar-refractivity contribution in [3.05, 3.63) is 29.8 Å². The Hall–Kier alpha value is -1.07. The minimum Gasteiger partial charge on any atom is -0.497 e. The Morgan fingerprint density at radius 1 is 1.33 bits per heavy atom. The molecule has 2 unspecified atom stereocenters. The molecule has 0 amide bonds. The van der Waals surface area contributed by atoms with Crippen molar-refractivity contribution in [2.45, 2.75) is 17.6 Å². The molecular formula is C10H12O4S. The fourth-order valence-electron chi connectivity index (χ4n) is 1.70. The normalized spacial score (nSPS) is 24.9. The van der Waals surface area contributed by atoms with Crippen molar-refractivity contribution >= 4 is 10.1 Å². The standard InChI is InChI=1S/C10H12O4S/c1-14-8-4-2-7(3-5-8)9-6-10(9)15(11,12)13/h2-5,9-10H,6H2,1H3,(H,11,12,13). The Kier molecular flexibility index (Phi) is 2.44. The molecule has 0 bridgehead atoms. The van der Waals surface area contributed by atoms with Crippen molar-refractivity contribution in [3.8, 4) is 5.75 Å². The fraction of sp³-hybridized carbons (Fsp3) is 0.400. The minimum atomic E-state index is -3.87. The molecule has 82 valence electrons. The SMILES string of the molecule is COc1ccc(C2CC2S(=O)(=O)O)cc1. The summed E-state index contributed by atoms with van der Waals surface area (Å²) in [6.07, 6.45) is 0.505. The van der Waals surface area contributed by atoms with Crippen LogP contribution in [0, 0.1) is 0 Å². The number of rotatable bonds is 3. The van der Waals surface area contributed by atoms with Gasteiger partial charge in [0.15, 0.2) is 0 Å². The Morgan fingerprint density at radius 2 is 1.93 bits per heavy atom. The van der Waals surface area contributed by atoms with E-state index in [-0.39, 0.29) is 5.92 Å². The van der Waals surface area contributed by atoms with Gasteiger partial charge in [-0.2, -0.15) is 8.42 Å². The van der Waals surface area contributed by atoms with Gasteiger partial charge in [-0.3, -0.25) is 4.55 Å². The molecule has 1 aliphatic carbocycles. The van der Waals surface area contributed by atoms with Crippen LogP contribution in [0.1, 0.15) is 17.9 Å². The lowest BCUT2D eigenvalue weighted by atomic mass is 10.1. The van der Waals surface area contributed by atoms with Gasteiger partial charge in [0.25, 0.3) is 10.1 Å². The third-order valence-electron chi connectivity index (χ3n) is 2.66. The summed E-state index contributed by atoms with van der Waals surface area (Å²) in [5, 5.41) is -0.620. The van der Waals surface area contributed by atoms with E-state index in [1.807, 2.05) is 12.1 Å². The van der Waals surface area contributed by atoms with E-state index in [9.17, 15) is 8.42 Å². The lowest BCUT2D eigenvalue weighted by molar-refractivity contribution is 0.414. The molecule has 1 saturated carbocycles. The quantitative estimate of drug-likeness (QED) is 0.795. The molecule has 15 heavy (non-hydrogen) atoms. The number of ether oxygens (including phenoxy) is 1. The van der Waals surface area contributed by atoms with Gasteiger partial charge in [-0.15, -0.1) is 0 Å². The molecule has 1 aromatic rings. The van der Waals surface area contributed by atoms with Gasteiger partial charge in [0.05, 0.1) is 12.4 Å². The molecule has 2 atom stereocenters. The van der Waals surface area contributed by atoms with Gasteiger partial charge in [0.1, 0.15) is 5.75 Å². The second kappa shape index (κ2) is 3.50. The Labute approximate surface area is 88.6 Å². The number of methoxy groups -OCH3 is 1. The van der Waals surface area contributed by atoms with Crippen molar-refractivity contribution in [2.75, 3.05) is 7.11 Å². The van der Waals surface area contributed by atoms with E-state index in [2.05, 4.69) is 0 Å². The molecule has 0 aromatic heterocycles. The summed E-state index contributed by atoms with van der Waals surface area (Å²) in [6, 6.07) is 7.23. The lowest BCUT2D eigenvalue weighted by Gasteiger charge is -2.01. The van der Waals surface area contributed by atoms with E-state index in [4.69, 9.17) is 9.29 Å². The highest BCUT2D eigenvalue weighted by atomic mass is 32.2. The van der Waals surface area contributed by atoms with Crippen LogP contribution in [0.4, 0.5) is 0 Å². The van der Waals surface area contributed by atoms with Crippen LogP contribution < -0.4 is 4.74 Å². The van der Waals surface area contributed by atoms with Crippen LogP contribution >= 0.6 is 0 Å². The van der Waals surface area contributed by atoms with Gasteiger partial charge in [-0.25, -0.2) is 0 Å². The molecule has 5 heteroatoms. The monoisotopic (exact) mass is 228 g/mol. The molecule has 0 radical (unpaired) electrons. The van der Waals surface area contributed by atoms with Crippen molar-refractivity contribution in [3.63, 3.8) is 0 Å². The molecule has 2 rings (SSSR count). The number of hydrogen-bond donors (Lipinski definition) is 1. The van der Waals surface area contributed by atoms with Crippen LogP contribution in [0.5, 0.6) is 5.75 Å². The summed E-state index contributed by atoms with van der Waals surface area (Å²) in [6.45, 7) is 0. The topological polar surface area (TPSA) is 63.6 Å². The summed E-state index contributed by atoms with van der Waals surface area (Å²) in [5.74, 6) is 0.675. The van der Waals surface area contributed by atoms with E-state index >= 15 is 0 Å². The number of benzene rings is 1. The van der Waals surface area contributed by atoms with Gasteiger partial charge in [0, 0.05) is 5.92 Å². The molecule has 4 nitrogen and oxygen atoms in total. The summed E-state index contributed by atoms with van der Waals surface area (Å²) < 4.78 is 35.5. The second-order valence-electron chi connectivity index (χ2n) is 3.67. The first-order chi connectivity index (χ1) is 7.02. The van der Waals surface area contributed by atoms with Crippen LogP contribution in [0.25, 0.3) is 0 Å². The molecule has 1 fully saturated rings. The maximum atomic E-state index is 10.8. The van der Waals surface area contributed by atoms with Crippen molar-refractivity contribution in [1.82, 2.24) is 0 Å². The predicted molar refractivity (Wildman–Crippen MR) is 55.7 cm³/mol. The molecular weight excluding hydrogens is 216 g/mol. The van der Waals surface area contributed by atoms with Crippen molar-refractivity contribution in [1.29, 1.82) is 0 Å². The zero-order valence-corrected chi connectivity index (χ0v) is 9.07. The average molecular weight is 228 g/mol. The largest absolute Gasteiger partial charge is 0.497 e. The highest BCUT2D eigenvalue weighted by molar-refractivity contribution is 7.86. The van der Waals surface area contributed by atoms with Gasteiger partial charge in [-0.1, -0.05) is 12.1 Å². The molecule has 0 heterocycles. The van der Waals surface area contributed by atoms with E-state index in [1.165, 1.54) is 0 Å². The van der Waals surface area contributed by atoms with Gasteiger partial charge in [0.2, 0.25) is 0 Å². The third-order valence-corrected chi connectivity index (χ3v) is 3.94. The summed E-state index contributed by atoms with van der Waals surface area (Å²) >= 11 is 0. The lowest BCUT2D eigenvalue weighted by Crippen LogP contribution is -2.05. The van der Waals surface area contributed by atoms with E-state index < -0.39 is 15.4 Å². The molecule has 1 aromatic carbocycles. The Balaban J connectivity index is 2.14.